The molecule has 0 aliphatic carbocycles. The summed E-state index contributed by atoms with van der Waals surface area (Å²) in [6.45, 7) is 0. The van der Waals surface area contributed by atoms with Gasteiger partial charge in [-0.2, -0.15) is 0 Å². The number of carbonyl (C=O) groups is 2. The number of pyridine rings is 1. The van der Waals surface area contributed by atoms with Crippen LogP contribution in [0.15, 0.2) is 83.6 Å². The number of halogens is 1. The molecule has 0 aliphatic rings. The van der Waals surface area contributed by atoms with Crippen LogP contribution in [0.4, 0.5) is 11.4 Å². The fourth-order valence-corrected chi connectivity index (χ4v) is 2.75. The summed E-state index contributed by atoms with van der Waals surface area (Å²) in [6, 6.07) is 18.0. The van der Waals surface area contributed by atoms with Crippen molar-refractivity contribution in [3.63, 3.8) is 0 Å². The van der Waals surface area contributed by atoms with Gasteiger partial charge in [-0.1, -0.05) is 40.2 Å². The summed E-state index contributed by atoms with van der Waals surface area (Å²) in [5, 5.41) is 5.56. The van der Waals surface area contributed by atoms with Crippen LogP contribution < -0.4 is 10.6 Å². The Morgan fingerprint density at radius 3 is 2.44 bits per heavy atom. The Morgan fingerprint density at radius 1 is 0.926 bits per heavy atom. The molecule has 2 aromatic carbocycles. The van der Waals surface area contributed by atoms with E-state index in [-0.39, 0.29) is 11.8 Å². The van der Waals surface area contributed by atoms with Gasteiger partial charge in [-0.3, -0.25) is 14.6 Å². The third-order valence-electron chi connectivity index (χ3n) is 3.63. The molecule has 0 unspecified atom stereocenters. The van der Waals surface area contributed by atoms with Crippen molar-refractivity contribution in [3.8, 4) is 0 Å². The number of anilines is 2. The summed E-state index contributed by atoms with van der Waals surface area (Å²) >= 11 is 3.44. The molecule has 27 heavy (non-hydrogen) atoms. The first-order valence-corrected chi connectivity index (χ1v) is 8.96. The summed E-state index contributed by atoms with van der Waals surface area (Å²) < 4.78 is 0.911. The SMILES string of the molecule is O=C(/C=C/c1ccccc1Br)Nc1cccc(NC(=O)c2cccnc2)c1. The number of nitrogens with one attached hydrogen (secondary N) is 2. The maximum atomic E-state index is 12.2. The van der Waals surface area contributed by atoms with Gasteiger partial charge in [0.2, 0.25) is 5.91 Å². The minimum atomic E-state index is -0.264. The van der Waals surface area contributed by atoms with E-state index in [2.05, 4.69) is 31.5 Å². The van der Waals surface area contributed by atoms with Gasteiger partial charge >= 0.3 is 0 Å². The highest BCUT2D eigenvalue weighted by Crippen LogP contribution is 2.18. The number of benzene rings is 2. The van der Waals surface area contributed by atoms with E-state index in [0.717, 1.165) is 10.0 Å². The highest BCUT2D eigenvalue weighted by atomic mass is 79.9. The van der Waals surface area contributed by atoms with Crippen molar-refractivity contribution in [1.82, 2.24) is 4.98 Å². The van der Waals surface area contributed by atoms with Crippen LogP contribution in [0, 0.1) is 0 Å². The van der Waals surface area contributed by atoms with Crippen molar-refractivity contribution in [2.75, 3.05) is 10.6 Å². The predicted octanol–water partition coefficient (Wildman–Crippen LogP) is 4.75. The number of rotatable bonds is 5. The predicted molar refractivity (Wildman–Crippen MR) is 110 cm³/mol. The van der Waals surface area contributed by atoms with Gasteiger partial charge in [-0.15, -0.1) is 0 Å². The zero-order valence-electron chi connectivity index (χ0n) is 14.2. The van der Waals surface area contributed by atoms with E-state index in [1.54, 1.807) is 48.7 Å². The lowest BCUT2D eigenvalue weighted by Gasteiger charge is -2.08. The molecule has 134 valence electrons. The van der Waals surface area contributed by atoms with E-state index in [0.29, 0.717) is 16.9 Å². The van der Waals surface area contributed by atoms with Gasteiger partial charge in [0.05, 0.1) is 5.56 Å². The first-order valence-electron chi connectivity index (χ1n) is 8.17. The molecule has 3 aromatic rings. The summed E-state index contributed by atoms with van der Waals surface area (Å²) in [6.07, 6.45) is 6.29. The first-order chi connectivity index (χ1) is 13.1. The van der Waals surface area contributed by atoms with Crippen molar-refractivity contribution >= 4 is 45.2 Å². The van der Waals surface area contributed by atoms with Crippen molar-refractivity contribution in [2.45, 2.75) is 0 Å². The van der Waals surface area contributed by atoms with Crippen LogP contribution in [0.3, 0.4) is 0 Å². The smallest absolute Gasteiger partial charge is 0.257 e. The molecule has 0 saturated heterocycles. The number of hydrogen-bond acceptors (Lipinski definition) is 3. The Bertz CT molecular complexity index is 987. The van der Waals surface area contributed by atoms with Gasteiger partial charge < -0.3 is 10.6 Å². The average molecular weight is 422 g/mol. The minimum absolute atomic E-state index is 0.263. The number of hydrogen-bond donors (Lipinski definition) is 2. The van der Waals surface area contributed by atoms with E-state index in [1.807, 2.05) is 24.3 Å². The highest BCUT2D eigenvalue weighted by Gasteiger charge is 2.06. The Kier molecular flexibility index (Phi) is 6.12. The van der Waals surface area contributed by atoms with Crippen molar-refractivity contribution in [1.29, 1.82) is 0 Å². The Balaban J connectivity index is 1.64. The molecule has 0 radical (unpaired) electrons. The Hall–Kier alpha value is -3.25. The molecule has 1 aromatic heterocycles. The molecule has 1 heterocycles. The average Bonchev–Trinajstić information content (AvgIpc) is 2.68. The van der Waals surface area contributed by atoms with Crippen LogP contribution in [0.1, 0.15) is 15.9 Å². The number of amides is 2. The van der Waals surface area contributed by atoms with E-state index in [4.69, 9.17) is 0 Å². The normalized spacial score (nSPS) is 10.6. The van der Waals surface area contributed by atoms with E-state index in [9.17, 15) is 9.59 Å². The zero-order chi connectivity index (χ0) is 19.1. The second kappa shape index (κ2) is 8.91. The third kappa shape index (κ3) is 5.36. The molecule has 6 heteroatoms. The first kappa shape index (κ1) is 18.5. The minimum Gasteiger partial charge on any atom is -0.322 e. The van der Waals surface area contributed by atoms with Crippen LogP contribution in [-0.2, 0) is 4.79 Å². The molecule has 0 bridgehead atoms. The fraction of sp³-hybridized carbons (Fsp3) is 0. The third-order valence-corrected chi connectivity index (χ3v) is 4.35. The second-order valence-electron chi connectivity index (χ2n) is 5.62. The standard InChI is InChI=1S/C21H16BrN3O2/c22-19-9-2-1-5-15(19)10-11-20(26)24-17-7-3-8-18(13-17)25-21(27)16-6-4-12-23-14-16/h1-14H,(H,24,26)(H,25,27)/b11-10+. The van der Waals surface area contributed by atoms with Crippen LogP contribution in [0.5, 0.6) is 0 Å². The van der Waals surface area contributed by atoms with Crippen LogP contribution in [-0.4, -0.2) is 16.8 Å². The molecule has 0 spiro atoms. The molecule has 2 N–H and O–H groups in total. The molecular formula is C21H16BrN3O2. The summed E-state index contributed by atoms with van der Waals surface area (Å²) in [5.41, 5.74) is 2.53. The van der Waals surface area contributed by atoms with Crippen LogP contribution in [0.25, 0.3) is 6.08 Å². The molecule has 0 fully saturated rings. The van der Waals surface area contributed by atoms with Gasteiger partial charge in [-0.05, 0) is 48.0 Å². The number of aromatic nitrogens is 1. The number of nitrogens with zero attached hydrogens (tertiary/aromatic N) is 1. The summed E-state index contributed by atoms with van der Waals surface area (Å²) in [4.78, 5) is 28.3. The lowest BCUT2D eigenvalue weighted by molar-refractivity contribution is -0.111. The van der Waals surface area contributed by atoms with Crippen molar-refractivity contribution in [3.05, 3.63) is 94.7 Å². The lowest BCUT2D eigenvalue weighted by Crippen LogP contribution is -2.13. The molecule has 2 amide bonds. The van der Waals surface area contributed by atoms with Crippen LogP contribution >= 0.6 is 15.9 Å². The van der Waals surface area contributed by atoms with E-state index in [1.165, 1.54) is 12.3 Å². The topological polar surface area (TPSA) is 71.1 Å². The zero-order valence-corrected chi connectivity index (χ0v) is 15.8. The summed E-state index contributed by atoms with van der Waals surface area (Å²) in [7, 11) is 0. The van der Waals surface area contributed by atoms with Gasteiger partial charge in [0.25, 0.3) is 5.91 Å². The number of carbonyl (C=O) groups excluding carboxylic acids is 2. The lowest BCUT2D eigenvalue weighted by atomic mass is 10.2. The molecule has 0 atom stereocenters. The molecule has 5 nitrogen and oxygen atoms in total. The Morgan fingerprint density at radius 2 is 1.70 bits per heavy atom. The van der Waals surface area contributed by atoms with Gasteiger partial charge in [0, 0.05) is 34.3 Å². The van der Waals surface area contributed by atoms with Crippen molar-refractivity contribution in [2.24, 2.45) is 0 Å². The van der Waals surface area contributed by atoms with E-state index < -0.39 is 0 Å². The molecule has 0 saturated carbocycles. The fourth-order valence-electron chi connectivity index (χ4n) is 2.33. The largest absolute Gasteiger partial charge is 0.322 e. The monoisotopic (exact) mass is 421 g/mol. The van der Waals surface area contributed by atoms with Crippen molar-refractivity contribution < 1.29 is 9.59 Å². The second-order valence-corrected chi connectivity index (χ2v) is 6.48. The maximum absolute atomic E-state index is 12.2. The molecular weight excluding hydrogens is 406 g/mol. The quantitative estimate of drug-likeness (QED) is 0.583. The van der Waals surface area contributed by atoms with Crippen LogP contribution in [0.2, 0.25) is 0 Å². The molecule has 3 rings (SSSR count). The van der Waals surface area contributed by atoms with Gasteiger partial charge in [0.15, 0.2) is 0 Å². The summed E-state index contributed by atoms with van der Waals surface area (Å²) in [5.74, 6) is -0.526. The highest BCUT2D eigenvalue weighted by molar-refractivity contribution is 9.10. The van der Waals surface area contributed by atoms with E-state index >= 15 is 0 Å². The maximum Gasteiger partial charge on any atom is 0.257 e. The molecule has 0 aliphatic heterocycles. The Labute approximate surface area is 165 Å². The van der Waals surface area contributed by atoms with Gasteiger partial charge in [0.1, 0.15) is 0 Å². The van der Waals surface area contributed by atoms with Gasteiger partial charge in [-0.25, -0.2) is 0 Å².